The first-order valence-electron chi connectivity index (χ1n) is 3.37. The van der Waals surface area contributed by atoms with Crippen molar-refractivity contribution < 1.29 is 9.18 Å². The van der Waals surface area contributed by atoms with Gasteiger partial charge < -0.3 is 0 Å². The standard InChI is InChI=1S/C9H9FO/c1-6-3-9(10)4-8(5-11)7(6)2/h3-5H,1-2H3. The lowest BCUT2D eigenvalue weighted by Crippen LogP contribution is -1.91. The highest BCUT2D eigenvalue weighted by molar-refractivity contribution is 5.77. The van der Waals surface area contributed by atoms with Gasteiger partial charge in [0.1, 0.15) is 12.1 Å². The largest absolute Gasteiger partial charge is 0.298 e. The molecule has 1 aromatic carbocycles. The van der Waals surface area contributed by atoms with Crippen LogP contribution in [0.3, 0.4) is 0 Å². The third-order valence-corrected chi connectivity index (χ3v) is 1.80. The van der Waals surface area contributed by atoms with Crippen molar-refractivity contribution in [1.29, 1.82) is 0 Å². The minimum Gasteiger partial charge on any atom is -0.298 e. The van der Waals surface area contributed by atoms with E-state index >= 15 is 0 Å². The van der Waals surface area contributed by atoms with Crippen LogP contribution in [0.1, 0.15) is 21.5 Å². The van der Waals surface area contributed by atoms with E-state index in [1.165, 1.54) is 12.1 Å². The molecule has 0 atom stereocenters. The van der Waals surface area contributed by atoms with Crippen molar-refractivity contribution in [1.82, 2.24) is 0 Å². The molecule has 1 aromatic rings. The van der Waals surface area contributed by atoms with Crippen molar-refractivity contribution >= 4 is 6.29 Å². The van der Waals surface area contributed by atoms with E-state index in [-0.39, 0.29) is 5.82 Å². The Hall–Kier alpha value is -1.18. The van der Waals surface area contributed by atoms with Gasteiger partial charge in [-0.05, 0) is 37.1 Å². The van der Waals surface area contributed by atoms with Crippen molar-refractivity contribution in [2.75, 3.05) is 0 Å². The van der Waals surface area contributed by atoms with E-state index in [0.29, 0.717) is 11.8 Å². The molecule has 0 N–H and O–H groups in total. The first kappa shape index (κ1) is 7.92. The van der Waals surface area contributed by atoms with Crippen LogP contribution in [0.25, 0.3) is 0 Å². The van der Waals surface area contributed by atoms with Crippen molar-refractivity contribution in [2.45, 2.75) is 13.8 Å². The third kappa shape index (κ3) is 1.45. The van der Waals surface area contributed by atoms with Crippen LogP contribution in [0.5, 0.6) is 0 Å². The summed E-state index contributed by atoms with van der Waals surface area (Å²) in [7, 11) is 0. The van der Waals surface area contributed by atoms with Gasteiger partial charge in [0.2, 0.25) is 0 Å². The van der Waals surface area contributed by atoms with Crippen LogP contribution in [0.2, 0.25) is 0 Å². The summed E-state index contributed by atoms with van der Waals surface area (Å²) >= 11 is 0. The first-order chi connectivity index (χ1) is 5.15. The molecule has 0 aliphatic carbocycles. The Morgan fingerprint density at radius 1 is 1.36 bits per heavy atom. The van der Waals surface area contributed by atoms with E-state index in [0.717, 1.165) is 11.1 Å². The minimum absolute atomic E-state index is 0.352. The second-order valence-electron chi connectivity index (χ2n) is 2.55. The van der Waals surface area contributed by atoms with Gasteiger partial charge in [0.25, 0.3) is 0 Å². The second-order valence-corrected chi connectivity index (χ2v) is 2.55. The molecule has 0 bridgehead atoms. The van der Waals surface area contributed by atoms with Gasteiger partial charge in [0.15, 0.2) is 0 Å². The van der Waals surface area contributed by atoms with E-state index in [1.807, 2.05) is 0 Å². The molecule has 0 aliphatic rings. The van der Waals surface area contributed by atoms with E-state index in [9.17, 15) is 9.18 Å². The predicted molar refractivity (Wildman–Crippen MR) is 41.3 cm³/mol. The fraction of sp³-hybridized carbons (Fsp3) is 0.222. The van der Waals surface area contributed by atoms with Crippen molar-refractivity contribution in [3.63, 3.8) is 0 Å². The minimum atomic E-state index is -0.352. The fourth-order valence-corrected chi connectivity index (χ4v) is 0.964. The monoisotopic (exact) mass is 152 g/mol. The predicted octanol–water partition coefficient (Wildman–Crippen LogP) is 2.26. The summed E-state index contributed by atoms with van der Waals surface area (Å²) in [6.07, 6.45) is 0.672. The normalized spacial score (nSPS) is 9.73. The molecular weight excluding hydrogens is 143 g/mol. The smallest absolute Gasteiger partial charge is 0.150 e. The molecule has 58 valence electrons. The number of carbonyl (C=O) groups is 1. The zero-order valence-corrected chi connectivity index (χ0v) is 6.52. The Balaban J connectivity index is 3.35. The van der Waals surface area contributed by atoms with Crippen LogP contribution in [0.15, 0.2) is 12.1 Å². The van der Waals surface area contributed by atoms with Gasteiger partial charge in [-0.3, -0.25) is 4.79 Å². The summed E-state index contributed by atoms with van der Waals surface area (Å²) < 4.78 is 12.6. The Bertz CT molecular complexity index is 292. The SMILES string of the molecule is Cc1cc(F)cc(C=O)c1C. The highest BCUT2D eigenvalue weighted by Crippen LogP contribution is 2.13. The zero-order chi connectivity index (χ0) is 8.43. The molecule has 11 heavy (non-hydrogen) atoms. The number of rotatable bonds is 1. The summed E-state index contributed by atoms with van der Waals surface area (Å²) in [5.41, 5.74) is 2.09. The maximum atomic E-state index is 12.6. The van der Waals surface area contributed by atoms with Gasteiger partial charge in [-0.2, -0.15) is 0 Å². The lowest BCUT2D eigenvalue weighted by molar-refractivity contribution is 0.112. The molecule has 0 aliphatic heterocycles. The van der Waals surface area contributed by atoms with Gasteiger partial charge in [0, 0.05) is 5.56 Å². The zero-order valence-electron chi connectivity index (χ0n) is 6.52. The summed E-state index contributed by atoms with van der Waals surface area (Å²) in [4.78, 5) is 10.4. The maximum absolute atomic E-state index is 12.6. The summed E-state index contributed by atoms with van der Waals surface area (Å²) in [5, 5.41) is 0. The summed E-state index contributed by atoms with van der Waals surface area (Å²) in [6.45, 7) is 3.59. The van der Waals surface area contributed by atoms with Gasteiger partial charge >= 0.3 is 0 Å². The van der Waals surface area contributed by atoms with E-state index in [4.69, 9.17) is 0 Å². The van der Waals surface area contributed by atoms with Crippen LogP contribution in [-0.2, 0) is 0 Å². The molecular formula is C9H9FO. The molecule has 0 saturated heterocycles. The summed E-state index contributed by atoms with van der Waals surface area (Å²) in [5.74, 6) is -0.352. The van der Waals surface area contributed by atoms with Gasteiger partial charge in [-0.25, -0.2) is 4.39 Å². The van der Waals surface area contributed by atoms with Gasteiger partial charge in [-0.15, -0.1) is 0 Å². The van der Waals surface area contributed by atoms with E-state index in [1.54, 1.807) is 13.8 Å². The molecule has 0 heterocycles. The highest BCUT2D eigenvalue weighted by atomic mass is 19.1. The number of benzene rings is 1. The Kier molecular flexibility index (Phi) is 2.03. The van der Waals surface area contributed by atoms with Crippen molar-refractivity contribution in [2.24, 2.45) is 0 Å². The molecule has 0 spiro atoms. The molecule has 0 aromatic heterocycles. The lowest BCUT2D eigenvalue weighted by atomic mass is 10.0. The number of carbonyl (C=O) groups excluding carboxylic acids is 1. The Morgan fingerprint density at radius 3 is 2.55 bits per heavy atom. The van der Waals surface area contributed by atoms with Crippen LogP contribution in [-0.4, -0.2) is 6.29 Å². The molecule has 0 amide bonds. The maximum Gasteiger partial charge on any atom is 0.150 e. The molecule has 1 nitrogen and oxygen atoms in total. The Labute approximate surface area is 64.9 Å². The van der Waals surface area contributed by atoms with Crippen molar-refractivity contribution in [3.8, 4) is 0 Å². The fourth-order valence-electron chi connectivity index (χ4n) is 0.964. The molecule has 0 unspecified atom stereocenters. The number of hydrogen-bond donors (Lipinski definition) is 0. The topological polar surface area (TPSA) is 17.1 Å². The number of aldehydes is 1. The molecule has 0 fully saturated rings. The van der Waals surface area contributed by atoms with Crippen LogP contribution < -0.4 is 0 Å². The average molecular weight is 152 g/mol. The van der Waals surface area contributed by atoms with E-state index < -0.39 is 0 Å². The van der Waals surface area contributed by atoms with E-state index in [2.05, 4.69) is 0 Å². The quantitative estimate of drug-likeness (QED) is 0.564. The highest BCUT2D eigenvalue weighted by Gasteiger charge is 2.01. The van der Waals surface area contributed by atoms with Crippen molar-refractivity contribution in [3.05, 3.63) is 34.6 Å². The Morgan fingerprint density at radius 2 is 2.00 bits per heavy atom. The number of aryl methyl sites for hydroxylation is 1. The molecule has 0 saturated carbocycles. The second kappa shape index (κ2) is 2.82. The van der Waals surface area contributed by atoms with Gasteiger partial charge in [-0.1, -0.05) is 0 Å². The average Bonchev–Trinajstić information content (AvgIpc) is 1.96. The van der Waals surface area contributed by atoms with Crippen LogP contribution in [0.4, 0.5) is 4.39 Å². The molecule has 1 rings (SSSR count). The van der Waals surface area contributed by atoms with Crippen LogP contribution >= 0.6 is 0 Å². The number of halogens is 1. The number of hydrogen-bond acceptors (Lipinski definition) is 1. The lowest BCUT2D eigenvalue weighted by Gasteiger charge is -2.01. The van der Waals surface area contributed by atoms with Gasteiger partial charge in [0.05, 0.1) is 0 Å². The third-order valence-electron chi connectivity index (χ3n) is 1.80. The first-order valence-corrected chi connectivity index (χ1v) is 3.37. The molecule has 2 heteroatoms. The summed E-state index contributed by atoms with van der Waals surface area (Å²) in [6, 6.07) is 2.66. The molecule has 0 radical (unpaired) electrons. The van der Waals surface area contributed by atoms with Crippen LogP contribution in [0, 0.1) is 19.7 Å².